The standard InChI is InChI=1S/C29H42N2O10S2/c1-18(32)38-17-24-26(39-19(2)33)27(40-20(3)34)25(29(41-24)42-22-13-9-6-10-14-22)30-28(35)23(31-43(4,36)37)16-15-21-11-7-5-8-12-21/h5,7-8,11-12,22-27,29,31H,6,9-10,13-17H2,1-4H3,(H,30,35)/t23-,24+,25+,26+,27+,29+/m0/s1. The molecule has 0 unspecified atom stereocenters. The van der Waals surface area contributed by atoms with Crippen molar-refractivity contribution in [3.63, 3.8) is 0 Å². The van der Waals surface area contributed by atoms with Gasteiger partial charge in [0.25, 0.3) is 0 Å². The fourth-order valence-corrected chi connectivity index (χ4v) is 7.61. The quantitative estimate of drug-likeness (QED) is 0.240. The number of aryl methyl sites for hydroxylation is 1. The minimum Gasteiger partial charge on any atom is -0.463 e. The van der Waals surface area contributed by atoms with Gasteiger partial charge in [-0.05, 0) is 31.2 Å². The average Bonchev–Trinajstić information content (AvgIpc) is 2.93. The lowest BCUT2D eigenvalue weighted by molar-refractivity contribution is -0.212. The number of amides is 1. The third kappa shape index (κ3) is 11.7. The van der Waals surface area contributed by atoms with Crippen LogP contribution in [0.2, 0.25) is 0 Å². The zero-order valence-corrected chi connectivity index (χ0v) is 26.6. The third-order valence-electron chi connectivity index (χ3n) is 7.13. The van der Waals surface area contributed by atoms with Crippen molar-refractivity contribution in [2.45, 2.75) is 107 Å². The second-order valence-corrected chi connectivity index (χ2v) is 14.1. The van der Waals surface area contributed by atoms with Gasteiger partial charge >= 0.3 is 17.9 Å². The van der Waals surface area contributed by atoms with E-state index in [0.29, 0.717) is 6.42 Å². The Balaban J connectivity index is 1.96. The second kappa shape index (κ2) is 16.4. The van der Waals surface area contributed by atoms with Crippen LogP contribution in [0.3, 0.4) is 0 Å². The van der Waals surface area contributed by atoms with Crippen molar-refractivity contribution in [1.82, 2.24) is 10.0 Å². The Bertz CT molecular complexity index is 1210. The van der Waals surface area contributed by atoms with Crippen LogP contribution in [0.25, 0.3) is 0 Å². The van der Waals surface area contributed by atoms with E-state index in [1.165, 1.54) is 32.5 Å². The highest BCUT2D eigenvalue weighted by atomic mass is 32.2. The SMILES string of the molecule is CC(=O)OC[C@H]1O[C@H](SC2CCCCC2)[C@H](NC(=O)[C@H](CCc2ccccc2)NS(C)(=O)=O)[C@@H](OC(C)=O)[C@@H]1OC(C)=O. The minimum atomic E-state index is -3.78. The van der Waals surface area contributed by atoms with Crippen LogP contribution in [0.4, 0.5) is 0 Å². The Hall–Kier alpha value is -2.68. The van der Waals surface area contributed by atoms with E-state index in [1.807, 2.05) is 30.3 Å². The number of rotatable bonds is 13. The molecule has 1 aliphatic heterocycles. The molecule has 0 radical (unpaired) electrons. The van der Waals surface area contributed by atoms with Crippen molar-refractivity contribution >= 4 is 45.6 Å². The monoisotopic (exact) mass is 642 g/mol. The Morgan fingerprint density at radius 2 is 1.58 bits per heavy atom. The largest absolute Gasteiger partial charge is 0.463 e. The molecule has 14 heteroatoms. The predicted molar refractivity (Wildman–Crippen MR) is 159 cm³/mol. The summed E-state index contributed by atoms with van der Waals surface area (Å²) < 4.78 is 49.7. The number of hydrogen-bond acceptors (Lipinski definition) is 11. The first kappa shape index (κ1) is 34.8. The van der Waals surface area contributed by atoms with Crippen LogP contribution in [0.15, 0.2) is 30.3 Å². The summed E-state index contributed by atoms with van der Waals surface area (Å²) in [6.07, 6.45) is 3.11. The summed E-state index contributed by atoms with van der Waals surface area (Å²) in [6.45, 7) is 3.33. The lowest BCUT2D eigenvalue weighted by Gasteiger charge is -2.46. The molecule has 2 N–H and O–H groups in total. The van der Waals surface area contributed by atoms with Gasteiger partial charge in [0, 0.05) is 26.0 Å². The molecule has 12 nitrogen and oxygen atoms in total. The normalized spacial score (nSPS) is 25.3. The maximum atomic E-state index is 13.8. The Labute approximate surface area is 257 Å². The smallest absolute Gasteiger partial charge is 0.303 e. The Kier molecular flexibility index (Phi) is 13.3. The number of thioether (sulfide) groups is 1. The van der Waals surface area contributed by atoms with Crippen molar-refractivity contribution in [3.8, 4) is 0 Å². The maximum absolute atomic E-state index is 13.8. The van der Waals surface area contributed by atoms with E-state index >= 15 is 0 Å². The van der Waals surface area contributed by atoms with Gasteiger partial charge in [-0.1, -0.05) is 49.6 Å². The summed E-state index contributed by atoms with van der Waals surface area (Å²) in [6, 6.07) is 7.15. The number of carbonyl (C=O) groups excluding carboxylic acids is 4. The second-order valence-electron chi connectivity index (χ2n) is 10.9. The third-order valence-corrected chi connectivity index (χ3v) is 9.37. The average molecular weight is 643 g/mol. The molecule has 2 fully saturated rings. The number of hydrogen-bond donors (Lipinski definition) is 2. The first-order chi connectivity index (χ1) is 20.3. The molecule has 0 aromatic heterocycles. The number of carbonyl (C=O) groups is 4. The molecule has 0 spiro atoms. The summed E-state index contributed by atoms with van der Waals surface area (Å²) in [5.41, 5.74) is 0.125. The molecule has 2 aliphatic rings. The van der Waals surface area contributed by atoms with Gasteiger partial charge in [0.05, 0.1) is 6.26 Å². The lowest BCUT2D eigenvalue weighted by Crippen LogP contribution is -2.67. The molecule has 1 aromatic carbocycles. The van der Waals surface area contributed by atoms with Crippen LogP contribution < -0.4 is 10.0 Å². The molecule has 1 heterocycles. The number of benzene rings is 1. The number of esters is 3. The first-order valence-corrected chi connectivity index (χ1v) is 17.3. The summed E-state index contributed by atoms with van der Waals surface area (Å²) in [5.74, 6) is -2.61. The molecule has 1 aromatic rings. The van der Waals surface area contributed by atoms with Crippen LogP contribution in [0, 0.1) is 0 Å². The fourth-order valence-electron chi connectivity index (χ4n) is 5.29. The predicted octanol–water partition coefficient (Wildman–Crippen LogP) is 2.24. The number of nitrogens with one attached hydrogen (secondary N) is 2. The zero-order valence-electron chi connectivity index (χ0n) is 25.0. The molecule has 3 rings (SSSR count). The maximum Gasteiger partial charge on any atom is 0.303 e. The summed E-state index contributed by atoms with van der Waals surface area (Å²) in [4.78, 5) is 49.9. The lowest BCUT2D eigenvalue weighted by atomic mass is 9.96. The Morgan fingerprint density at radius 1 is 0.953 bits per heavy atom. The van der Waals surface area contributed by atoms with E-state index in [9.17, 15) is 27.6 Å². The van der Waals surface area contributed by atoms with Crippen molar-refractivity contribution in [2.24, 2.45) is 0 Å². The molecule has 1 saturated carbocycles. The molecular formula is C29H42N2O10S2. The van der Waals surface area contributed by atoms with Gasteiger partial charge in [-0.2, -0.15) is 0 Å². The fraction of sp³-hybridized carbons (Fsp3) is 0.655. The van der Waals surface area contributed by atoms with Gasteiger partial charge in [0.1, 0.15) is 30.2 Å². The van der Waals surface area contributed by atoms with Crippen LogP contribution in [-0.4, -0.2) is 86.2 Å². The number of sulfonamides is 1. The summed E-state index contributed by atoms with van der Waals surface area (Å²) >= 11 is 1.47. The van der Waals surface area contributed by atoms with Gasteiger partial charge in [-0.25, -0.2) is 13.1 Å². The van der Waals surface area contributed by atoms with E-state index in [0.717, 1.165) is 43.9 Å². The zero-order chi connectivity index (χ0) is 31.6. The summed E-state index contributed by atoms with van der Waals surface area (Å²) in [5, 5.41) is 3.05. The van der Waals surface area contributed by atoms with Crippen LogP contribution in [-0.2, 0) is 54.6 Å². The highest BCUT2D eigenvalue weighted by Crippen LogP contribution is 2.38. The van der Waals surface area contributed by atoms with Gasteiger partial charge in [-0.3, -0.25) is 19.2 Å². The van der Waals surface area contributed by atoms with E-state index in [2.05, 4.69) is 10.0 Å². The highest BCUT2D eigenvalue weighted by molar-refractivity contribution is 8.00. The van der Waals surface area contributed by atoms with Gasteiger partial charge in [0.2, 0.25) is 15.9 Å². The molecule has 0 bridgehead atoms. The number of ether oxygens (including phenoxy) is 4. The summed E-state index contributed by atoms with van der Waals surface area (Å²) in [7, 11) is -3.78. The van der Waals surface area contributed by atoms with Gasteiger partial charge in [-0.15, -0.1) is 11.8 Å². The van der Waals surface area contributed by atoms with Gasteiger partial charge in [0.15, 0.2) is 12.2 Å². The van der Waals surface area contributed by atoms with Crippen molar-refractivity contribution in [2.75, 3.05) is 12.9 Å². The molecule has 240 valence electrons. The molecule has 1 aliphatic carbocycles. The van der Waals surface area contributed by atoms with Crippen molar-refractivity contribution in [3.05, 3.63) is 35.9 Å². The van der Waals surface area contributed by atoms with Crippen LogP contribution >= 0.6 is 11.8 Å². The molecular weight excluding hydrogens is 600 g/mol. The molecule has 43 heavy (non-hydrogen) atoms. The minimum absolute atomic E-state index is 0.150. The van der Waals surface area contributed by atoms with Crippen LogP contribution in [0.5, 0.6) is 0 Å². The van der Waals surface area contributed by atoms with Gasteiger partial charge < -0.3 is 24.3 Å². The highest BCUT2D eigenvalue weighted by Gasteiger charge is 2.52. The van der Waals surface area contributed by atoms with E-state index in [1.54, 1.807) is 0 Å². The molecule has 1 amide bonds. The molecule has 1 saturated heterocycles. The Morgan fingerprint density at radius 3 is 2.16 bits per heavy atom. The van der Waals surface area contributed by atoms with Crippen molar-refractivity contribution < 1.29 is 46.5 Å². The first-order valence-electron chi connectivity index (χ1n) is 14.4. The molecule has 6 atom stereocenters. The van der Waals surface area contributed by atoms with Crippen LogP contribution in [0.1, 0.15) is 64.9 Å². The van der Waals surface area contributed by atoms with E-state index < -0.39 is 69.7 Å². The van der Waals surface area contributed by atoms with E-state index in [-0.39, 0.29) is 18.3 Å². The van der Waals surface area contributed by atoms with Crippen molar-refractivity contribution in [1.29, 1.82) is 0 Å². The van der Waals surface area contributed by atoms with E-state index in [4.69, 9.17) is 18.9 Å². The topological polar surface area (TPSA) is 163 Å².